The fraction of sp³-hybridized carbons (Fsp3) is 0.0667. The van der Waals surface area contributed by atoms with Crippen LogP contribution in [0.25, 0.3) is 0 Å². The maximum Gasteiger partial charge on any atom is 0.208 e. The van der Waals surface area contributed by atoms with Gasteiger partial charge in [-0.25, -0.2) is 4.99 Å². The molecular weight excluding hydrogens is 366 g/mol. The number of hydrogen-bond donors (Lipinski definition) is 11. The van der Waals surface area contributed by atoms with Crippen molar-refractivity contribution in [2.45, 2.75) is 6.92 Å². The van der Waals surface area contributed by atoms with E-state index in [0.717, 1.165) is 0 Å². The predicted octanol–water partition coefficient (Wildman–Crippen LogP) is 0.0763. The summed E-state index contributed by atoms with van der Waals surface area (Å²) < 4.78 is 0. The number of benzene rings is 2. The lowest BCUT2D eigenvalue weighted by atomic mass is 10.0. The summed E-state index contributed by atoms with van der Waals surface area (Å²) in [6.45, 7) is 1.17. The van der Waals surface area contributed by atoms with Gasteiger partial charge in [-0.15, -0.1) is 0 Å². The Morgan fingerprint density at radius 1 is 0.630 bits per heavy atom. The molecule has 0 atom stereocenters. The summed E-state index contributed by atoms with van der Waals surface area (Å²) in [5.74, 6) is -11.7. The monoisotopic (exact) mass is 381 g/mol. The average Bonchev–Trinajstić information content (AvgIpc) is 2.61. The van der Waals surface area contributed by atoms with Crippen LogP contribution >= 0.6 is 0 Å². The van der Waals surface area contributed by atoms with Crippen LogP contribution in [0.3, 0.4) is 0 Å². The van der Waals surface area contributed by atoms with Crippen molar-refractivity contribution in [2.75, 3.05) is 0 Å². The fourth-order valence-electron chi connectivity index (χ4n) is 2.20. The molecule has 0 unspecified atom stereocenters. The molecule has 0 saturated carbocycles. The van der Waals surface area contributed by atoms with Crippen molar-refractivity contribution in [3.8, 4) is 51.7 Å². The van der Waals surface area contributed by atoms with E-state index in [1.807, 2.05) is 0 Å². The van der Waals surface area contributed by atoms with Gasteiger partial charge in [0.15, 0.2) is 28.8 Å². The first-order valence-corrected chi connectivity index (χ1v) is 7.00. The molecule has 0 aliphatic rings. The number of rotatable bonds is 2. The number of nitrogens with zero attached hydrogens (tertiary/aromatic N) is 1. The number of aromatic hydroxyl groups is 9. The maximum atomic E-state index is 9.98. The number of aliphatic imine (C=N–C) groups is 1. The highest BCUT2D eigenvalue weighted by Gasteiger charge is 2.27. The van der Waals surface area contributed by atoms with Gasteiger partial charge in [0.25, 0.3) is 0 Å². The maximum absolute atomic E-state index is 9.98. The van der Waals surface area contributed by atoms with Gasteiger partial charge in [-0.2, -0.15) is 0 Å². The number of hydrogen-bond acceptors (Lipinski definition) is 10. The lowest BCUT2D eigenvalue weighted by Gasteiger charge is -2.14. The molecule has 12 nitrogen and oxygen atoms in total. The molecule has 12 heteroatoms. The molecule has 2 rings (SSSR count). The first kappa shape index (κ1) is 19.1. The van der Waals surface area contributed by atoms with Gasteiger partial charge >= 0.3 is 0 Å². The molecule has 0 heterocycles. The Labute approximate surface area is 150 Å². The highest BCUT2D eigenvalue weighted by atomic mass is 16.4. The van der Waals surface area contributed by atoms with Crippen LogP contribution in [0.15, 0.2) is 4.99 Å². The number of amidine groups is 2. The quantitative estimate of drug-likeness (QED) is 0.145. The van der Waals surface area contributed by atoms with Crippen molar-refractivity contribution < 1.29 is 46.0 Å². The summed E-state index contributed by atoms with van der Waals surface area (Å²) in [6.07, 6.45) is 0. The third-order valence-electron chi connectivity index (χ3n) is 3.73. The number of phenolic OH excluding ortho intramolecular Hbond substituents is 9. The molecular formula is C15H15N3O9. The molecule has 2 aromatic carbocycles. The van der Waals surface area contributed by atoms with Gasteiger partial charge in [-0.05, 0) is 6.92 Å². The largest absolute Gasteiger partial charge is 0.507 e. The molecule has 0 fully saturated rings. The van der Waals surface area contributed by atoms with E-state index >= 15 is 0 Å². The van der Waals surface area contributed by atoms with E-state index in [-0.39, 0.29) is 5.56 Å². The average molecular weight is 381 g/mol. The van der Waals surface area contributed by atoms with Gasteiger partial charge in [-0.3, -0.25) is 5.41 Å². The van der Waals surface area contributed by atoms with Crippen LogP contribution in [0.4, 0.5) is 0 Å². The lowest BCUT2D eigenvalue weighted by Crippen LogP contribution is -2.17. The van der Waals surface area contributed by atoms with Crippen molar-refractivity contribution in [3.05, 3.63) is 16.7 Å². The molecule has 0 radical (unpaired) electrons. The van der Waals surface area contributed by atoms with E-state index in [1.165, 1.54) is 6.92 Å². The van der Waals surface area contributed by atoms with Crippen LogP contribution < -0.4 is 5.73 Å². The van der Waals surface area contributed by atoms with E-state index in [4.69, 9.17) is 11.1 Å². The number of phenols is 9. The van der Waals surface area contributed by atoms with Crippen LogP contribution in [0.2, 0.25) is 0 Å². The molecule has 0 aromatic heterocycles. The zero-order valence-electron chi connectivity index (χ0n) is 13.5. The Balaban J connectivity index is 2.68. The van der Waals surface area contributed by atoms with Crippen LogP contribution in [0.5, 0.6) is 51.7 Å². The minimum absolute atomic E-state index is 0.288. The topological polar surface area (TPSA) is 244 Å². The molecule has 0 spiro atoms. The van der Waals surface area contributed by atoms with E-state index in [2.05, 4.69) is 4.99 Å². The molecule has 0 amide bonds. The molecule has 2 aromatic rings. The first-order valence-electron chi connectivity index (χ1n) is 7.00. The molecule has 12 N–H and O–H groups in total. The van der Waals surface area contributed by atoms with Gasteiger partial charge in [0.1, 0.15) is 22.7 Å². The normalized spacial score (nSPS) is 11.5. The SMILES string of the molecule is Cc1c(O)c(O)c(O)c(C(=N)N=C(N)c2c(O)c(O)c(O)c(O)c2O)c1O. The standard InChI is InChI=1S/C15H15N3O9/c1-2-5(19)3(7(21)10(24)6(2)20)14(16)18-15(17)4-8(22)11(25)13(27)12(26)9(4)23/h19-27H,1H3,(H3,16,17,18). The minimum Gasteiger partial charge on any atom is -0.507 e. The number of nitrogens with two attached hydrogens (primary N) is 1. The molecule has 0 aliphatic heterocycles. The second-order valence-electron chi connectivity index (χ2n) is 5.36. The Hall–Kier alpha value is -4.22. The Bertz CT molecular complexity index is 957. The van der Waals surface area contributed by atoms with Crippen molar-refractivity contribution in [2.24, 2.45) is 10.7 Å². The van der Waals surface area contributed by atoms with Crippen molar-refractivity contribution in [1.29, 1.82) is 5.41 Å². The van der Waals surface area contributed by atoms with Gasteiger partial charge in [0.2, 0.25) is 23.0 Å². The van der Waals surface area contributed by atoms with E-state index in [9.17, 15) is 46.0 Å². The summed E-state index contributed by atoms with van der Waals surface area (Å²) >= 11 is 0. The highest BCUT2D eigenvalue weighted by molar-refractivity contribution is 6.14. The molecule has 27 heavy (non-hydrogen) atoms. The Morgan fingerprint density at radius 3 is 1.48 bits per heavy atom. The van der Waals surface area contributed by atoms with Crippen LogP contribution in [0.1, 0.15) is 16.7 Å². The molecule has 144 valence electrons. The second kappa shape index (κ2) is 6.25. The van der Waals surface area contributed by atoms with Crippen LogP contribution in [-0.2, 0) is 0 Å². The smallest absolute Gasteiger partial charge is 0.208 e. The van der Waals surface area contributed by atoms with E-state index in [0.29, 0.717) is 0 Å². The van der Waals surface area contributed by atoms with Gasteiger partial charge in [-0.1, -0.05) is 0 Å². The van der Waals surface area contributed by atoms with Crippen LogP contribution in [-0.4, -0.2) is 57.6 Å². The third-order valence-corrected chi connectivity index (χ3v) is 3.73. The number of nitrogens with one attached hydrogen (secondary N) is 1. The minimum atomic E-state index is -1.23. The zero-order valence-corrected chi connectivity index (χ0v) is 13.5. The predicted molar refractivity (Wildman–Crippen MR) is 90.2 cm³/mol. The highest BCUT2D eigenvalue weighted by Crippen LogP contribution is 2.51. The van der Waals surface area contributed by atoms with Crippen LogP contribution in [0, 0.1) is 12.3 Å². The van der Waals surface area contributed by atoms with Crippen molar-refractivity contribution in [1.82, 2.24) is 0 Å². The molecule has 0 aliphatic carbocycles. The molecule has 0 saturated heterocycles. The van der Waals surface area contributed by atoms with Gasteiger partial charge in [0.05, 0.1) is 0 Å². The first-order chi connectivity index (χ1) is 12.4. The molecule has 0 bridgehead atoms. The van der Waals surface area contributed by atoms with E-state index in [1.54, 1.807) is 0 Å². The lowest BCUT2D eigenvalue weighted by molar-refractivity contribution is 0.327. The third kappa shape index (κ3) is 2.74. The zero-order chi connectivity index (χ0) is 20.8. The fourth-order valence-corrected chi connectivity index (χ4v) is 2.20. The Kier molecular flexibility index (Phi) is 4.43. The summed E-state index contributed by atoms with van der Waals surface area (Å²) in [6, 6.07) is 0. The van der Waals surface area contributed by atoms with Gasteiger partial charge < -0.3 is 51.7 Å². The van der Waals surface area contributed by atoms with Crippen molar-refractivity contribution in [3.63, 3.8) is 0 Å². The summed E-state index contributed by atoms with van der Waals surface area (Å²) in [7, 11) is 0. The van der Waals surface area contributed by atoms with Gasteiger partial charge in [0, 0.05) is 5.56 Å². The Morgan fingerprint density at radius 2 is 1.00 bits per heavy atom. The summed E-state index contributed by atoms with van der Waals surface area (Å²) in [5, 5.41) is 94.7. The summed E-state index contributed by atoms with van der Waals surface area (Å²) in [4.78, 5) is 3.43. The second-order valence-corrected chi connectivity index (χ2v) is 5.36. The van der Waals surface area contributed by atoms with Crippen molar-refractivity contribution >= 4 is 11.7 Å². The van der Waals surface area contributed by atoms with E-state index < -0.39 is 74.5 Å². The summed E-state index contributed by atoms with van der Waals surface area (Å²) in [5.41, 5.74) is 3.66.